The van der Waals surface area contributed by atoms with E-state index >= 15 is 0 Å². The average molecular weight is 359 g/mol. The summed E-state index contributed by atoms with van der Waals surface area (Å²) in [5.74, 6) is 1.94. The Labute approximate surface area is 155 Å². The first-order chi connectivity index (χ1) is 12.6. The van der Waals surface area contributed by atoms with Gasteiger partial charge < -0.3 is 19.1 Å². The lowest BCUT2D eigenvalue weighted by atomic mass is 9.65. The quantitative estimate of drug-likeness (QED) is 0.775. The SMILES string of the molecule is COC1=CC2=C3C(C)C4CCC(OC)C(OC)C4CN3CCC2=CC1=O. The van der Waals surface area contributed by atoms with Crippen molar-refractivity contribution in [2.75, 3.05) is 34.4 Å². The van der Waals surface area contributed by atoms with Crippen molar-refractivity contribution in [3.05, 3.63) is 34.8 Å². The van der Waals surface area contributed by atoms with E-state index < -0.39 is 0 Å². The van der Waals surface area contributed by atoms with Crippen LogP contribution in [0.25, 0.3) is 0 Å². The second-order valence-corrected chi connectivity index (χ2v) is 7.91. The predicted octanol–water partition coefficient (Wildman–Crippen LogP) is 2.69. The largest absolute Gasteiger partial charge is 0.493 e. The average Bonchev–Trinajstić information content (AvgIpc) is 2.66. The maximum Gasteiger partial charge on any atom is 0.220 e. The van der Waals surface area contributed by atoms with Gasteiger partial charge in [0.1, 0.15) is 0 Å². The third kappa shape index (κ3) is 2.64. The zero-order valence-corrected chi connectivity index (χ0v) is 16.2. The van der Waals surface area contributed by atoms with Gasteiger partial charge in [-0.3, -0.25) is 4.79 Å². The molecule has 0 bridgehead atoms. The molecule has 0 N–H and O–H groups in total. The number of ketones is 1. The van der Waals surface area contributed by atoms with Crippen LogP contribution < -0.4 is 0 Å². The van der Waals surface area contributed by atoms with Crippen molar-refractivity contribution in [3.63, 3.8) is 0 Å². The van der Waals surface area contributed by atoms with Crippen molar-refractivity contribution in [1.29, 1.82) is 0 Å². The zero-order valence-electron chi connectivity index (χ0n) is 16.2. The van der Waals surface area contributed by atoms with Gasteiger partial charge in [-0.25, -0.2) is 0 Å². The van der Waals surface area contributed by atoms with E-state index in [2.05, 4.69) is 11.8 Å². The number of piperidine rings is 1. The van der Waals surface area contributed by atoms with Crippen molar-refractivity contribution in [2.24, 2.45) is 17.8 Å². The number of carbonyl (C=O) groups is 1. The summed E-state index contributed by atoms with van der Waals surface area (Å²) in [6, 6.07) is 0. The molecule has 142 valence electrons. The molecule has 5 unspecified atom stereocenters. The van der Waals surface area contributed by atoms with E-state index in [9.17, 15) is 4.79 Å². The minimum Gasteiger partial charge on any atom is -0.493 e. The standard InChI is InChI=1S/C21H29NO4/c1-12-14-5-6-18(24-2)21(26-4)16(14)11-22-8-7-13-9-17(23)19(25-3)10-15(13)20(12)22/h9-10,12,14,16,18,21H,5-8,11H2,1-4H3. The van der Waals surface area contributed by atoms with Gasteiger partial charge in [-0.1, -0.05) is 6.92 Å². The van der Waals surface area contributed by atoms with Gasteiger partial charge in [0.25, 0.3) is 0 Å². The molecule has 2 aliphatic carbocycles. The lowest BCUT2D eigenvalue weighted by Crippen LogP contribution is -2.56. The number of carbonyl (C=O) groups excluding carboxylic acids is 1. The number of hydrogen-bond acceptors (Lipinski definition) is 5. The van der Waals surface area contributed by atoms with Crippen molar-refractivity contribution in [3.8, 4) is 0 Å². The molecule has 0 spiro atoms. The zero-order chi connectivity index (χ0) is 18.4. The van der Waals surface area contributed by atoms with E-state index in [1.165, 1.54) is 16.8 Å². The molecule has 1 saturated heterocycles. The molecule has 0 aromatic rings. The summed E-state index contributed by atoms with van der Waals surface area (Å²) in [5, 5.41) is 0. The van der Waals surface area contributed by atoms with Crippen LogP contribution in [0.4, 0.5) is 0 Å². The maximum atomic E-state index is 12.2. The van der Waals surface area contributed by atoms with Crippen molar-refractivity contribution < 1.29 is 19.0 Å². The van der Waals surface area contributed by atoms with Crippen LogP contribution in [0.5, 0.6) is 0 Å². The summed E-state index contributed by atoms with van der Waals surface area (Å²) in [6.07, 6.45) is 7.20. The fourth-order valence-electron chi connectivity index (χ4n) is 5.63. The van der Waals surface area contributed by atoms with Gasteiger partial charge in [0.15, 0.2) is 5.76 Å². The molecule has 5 atom stereocenters. The Bertz CT molecular complexity index is 692. The molecule has 4 aliphatic rings. The molecule has 5 nitrogen and oxygen atoms in total. The summed E-state index contributed by atoms with van der Waals surface area (Å²) in [5.41, 5.74) is 3.76. The topological polar surface area (TPSA) is 48.0 Å². The molecule has 26 heavy (non-hydrogen) atoms. The number of allylic oxidation sites excluding steroid dienone is 4. The van der Waals surface area contributed by atoms with Crippen LogP contribution in [0.1, 0.15) is 26.2 Å². The number of nitrogens with zero attached hydrogens (tertiary/aromatic N) is 1. The van der Waals surface area contributed by atoms with E-state index in [1.54, 1.807) is 20.3 Å². The van der Waals surface area contributed by atoms with Gasteiger partial charge in [-0.05, 0) is 48.8 Å². The van der Waals surface area contributed by atoms with E-state index in [1.807, 2.05) is 13.2 Å². The van der Waals surface area contributed by atoms with Crippen LogP contribution in [0.3, 0.4) is 0 Å². The highest BCUT2D eigenvalue weighted by Crippen LogP contribution is 2.49. The number of hydrogen-bond donors (Lipinski definition) is 0. The van der Waals surface area contributed by atoms with Crippen molar-refractivity contribution >= 4 is 5.78 Å². The van der Waals surface area contributed by atoms with Crippen LogP contribution in [-0.4, -0.2) is 57.3 Å². The first kappa shape index (κ1) is 17.8. The van der Waals surface area contributed by atoms with E-state index in [-0.39, 0.29) is 18.0 Å². The van der Waals surface area contributed by atoms with Crippen LogP contribution in [0.15, 0.2) is 34.8 Å². The summed E-state index contributed by atoms with van der Waals surface area (Å²) >= 11 is 0. The number of ether oxygens (including phenoxy) is 3. The highest BCUT2D eigenvalue weighted by Gasteiger charge is 2.48. The van der Waals surface area contributed by atoms with Crippen molar-refractivity contribution in [2.45, 2.75) is 38.4 Å². The Kier molecular flexibility index (Phi) is 4.70. The molecule has 0 aromatic carbocycles. The first-order valence-electron chi connectivity index (χ1n) is 9.64. The van der Waals surface area contributed by atoms with Gasteiger partial charge in [0.2, 0.25) is 5.78 Å². The van der Waals surface area contributed by atoms with Gasteiger partial charge in [-0.15, -0.1) is 0 Å². The molecule has 2 aliphatic heterocycles. The highest BCUT2D eigenvalue weighted by molar-refractivity contribution is 6.05. The minimum atomic E-state index is -0.0123. The second-order valence-electron chi connectivity index (χ2n) is 7.91. The Morgan fingerprint density at radius 2 is 1.88 bits per heavy atom. The molecule has 0 radical (unpaired) electrons. The normalized spacial score (nSPS) is 36.7. The van der Waals surface area contributed by atoms with Gasteiger partial charge >= 0.3 is 0 Å². The molecule has 4 rings (SSSR count). The van der Waals surface area contributed by atoms with Crippen LogP contribution in [0.2, 0.25) is 0 Å². The fourth-order valence-corrected chi connectivity index (χ4v) is 5.63. The third-order valence-electron chi connectivity index (χ3n) is 6.86. The summed E-state index contributed by atoms with van der Waals surface area (Å²) < 4.78 is 16.9. The lowest BCUT2D eigenvalue weighted by Gasteiger charge is -2.53. The molecule has 5 heteroatoms. The minimum absolute atomic E-state index is 0.0123. The Morgan fingerprint density at radius 3 is 2.58 bits per heavy atom. The molecular weight excluding hydrogens is 330 g/mol. The Morgan fingerprint density at radius 1 is 1.08 bits per heavy atom. The van der Waals surface area contributed by atoms with Crippen LogP contribution >= 0.6 is 0 Å². The molecular formula is C21H29NO4. The van der Waals surface area contributed by atoms with E-state index in [4.69, 9.17) is 14.2 Å². The number of fused-ring (bicyclic) bond motifs is 3. The number of rotatable bonds is 3. The molecule has 2 fully saturated rings. The fraction of sp³-hybridized carbons (Fsp3) is 0.667. The molecule has 0 amide bonds. The van der Waals surface area contributed by atoms with Gasteiger partial charge in [0, 0.05) is 44.5 Å². The smallest absolute Gasteiger partial charge is 0.220 e. The lowest BCUT2D eigenvalue weighted by molar-refractivity contribution is -0.125. The maximum absolute atomic E-state index is 12.2. The van der Waals surface area contributed by atoms with Gasteiger partial charge in [0.05, 0.1) is 19.3 Å². The molecule has 2 heterocycles. The first-order valence-corrected chi connectivity index (χ1v) is 9.64. The third-order valence-corrected chi connectivity index (χ3v) is 6.86. The molecule has 0 aromatic heterocycles. The Hall–Kier alpha value is -1.59. The van der Waals surface area contributed by atoms with Gasteiger partial charge in [-0.2, -0.15) is 0 Å². The molecule has 1 saturated carbocycles. The summed E-state index contributed by atoms with van der Waals surface area (Å²) in [7, 11) is 5.18. The second kappa shape index (κ2) is 6.86. The summed E-state index contributed by atoms with van der Waals surface area (Å²) in [4.78, 5) is 14.7. The van der Waals surface area contributed by atoms with E-state index in [0.717, 1.165) is 32.4 Å². The number of methoxy groups -OCH3 is 3. The summed E-state index contributed by atoms with van der Waals surface area (Å²) in [6.45, 7) is 4.31. The van der Waals surface area contributed by atoms with Crippen LogP contribution in [0, 0.1) is 17.8 Å². The van der Waals surface area contributed by atoms with Crippen molar-refractivity contribution in [1.82, 2.24) is 4.90 Å². The predicted molar refractivity (Wildman–Crippen MR) is 98.4 cm³/mol. The van der Waals surface area contributed by atoms with Crippen LogP contribution in [-0.2, 0) is 19.0 Å². The highest BCUT2D eigenvalue weighted by atomic mass is 16.5. The monoisotopic (exact) mass is 359 g/mol. The Balaban J connectivity index is 1.72. The van der Waals surface area contributed by atoms with E-state index in [0.29, 0.717) is 23.5 Å².